The van der Waals surface area contributed by atoms with Crippen LogP contribution in [0.5, 0.6) is 0 Å². The first-order valence-electron chi connectivity index (χ1n) is 8.78. The summed E-state index contributed by atoms with van der Waals surface area (Å²) in [4.78, 5) is 25.4. The van der Waals surface area contributed by atoms with Gasteiger partial charge < -0.3 is 10.2 Å². The summed E-state index contributed by atoms with van der Waals surface area (Å²) in [7, 11) is 0. The van der Waals surface area contributed by atoms with Crippen molar-refractivity contribution in [3.8, 4) is 0 Å². The third kappa shape index (κ3) is 8.74. The number of nitrogens with zero attached hydrogens (tertiary/aromatic N) is 1. The van der Waals surface area contributed by atoms with Crippen LogP contribution in [0.2, 0.25) is 0 Å². The molecule has 1 fully saturated rings. The van der Waals surface area contributed by atoms with Crippen LogP contribution in [0.25, 0.3) is 0 Å². The Balaban J connectivity index is 1.99. The van der Waals surface area contributed by atoms with E-state index in [2.05, 4.69) is 12.2 Å². The molecule has 0 aromatic carbocycles. The number of amides is 2. The van der Waals surface area contributed by atoms with Gasteiger partial charge in [-0.1, -0.05) is 39.0 Å². The Bertz CT molecular complexity index is 305. The van der Waals surface area contributed by atoms with Gasteiger partial charge in [0.15, 0.2) is 0 Å². The fourth-order valence-corrected chi connectivity index (χ4v) is 2.75. The summed E-state index contributed by atoms with van der Waals surface area (Å²) < 4.78 is 0. The fourth-order valence-electron chi connectivity index (χ4n) is 2.75. The lowest BCUT2D eigenvalue weighted by molar-refractivity contribution is -0.130. The van der Waals surface area contributed by atoms with Gasteiger partial charge in [-0.2, -0.15) is 0 Å². The van der Waals surface area contributed by atoms with Crippen molar-refractivity contribution in [1.29, 1.82) is 0 Å². The zero-order valence-electron chi connectivity index (χ0n) is 13.7. The van der Waals surface area contributed by atoms with Crippen LogP contribution in [0, 0.1) is 0 Å². The quantitative estimate of drug-likeness (QED) is 0.629. The fraction of sp³-hybridized carbons (Fsp3) is 0.882. The maximum Gasteiger partial charge on any atom is 0.222 e. The normalized spacial score (nSPS) is 15.9. The zero-order chi connectivity index (χ0) is 15.3. The molecule has 0 aliphatic carbocycles. The summed E-state index contributed by atoms with van der Waals surface area (Å²) in [6, 6.07) is 0. The van der Waals surface area contributed by atoms with E-state index < -0.39 is 0 Å². The maximum atomic E-state index is 11.8. The molecule has 1 aliphatic rings. The zero-order valence-corrected chi connectivity index (χ0v) is 13.7. The Morgan fingerprint density at radius 3 is 2.71 bits per heavy atom. The van der Waals surface area contributed by atoms with E-state index in [1.807, 2.05) is 4.90 Å². The number of unbranched alkanes of at least 4 members (excludes halogenated alkanes) is 4. The molecule has 4 heteroatoms. The lowest BCUT2D eigenvalue weighted by Gasteiger charge is -2.20. The van der Waals surface area contributed by atoms with E-state index in [4.69, 9.17) is 0 Å². The van der Waals surface area contributed by atoms with E-state index in [-0.39, 0.29) is 11.8 Å². The summed E-state index contributed by atoms with van der Waals surface area (Å²) in [6.07, 6.45) is 11.4. The summed E-state index contributed by atoms with van der Waals surface area (Å²) in [5.74, 6) is 0.448. The molecular formula is C17H32N2O2. The molecule has 0 atom stereocenters. The molecule has 0 aromatic rings. The second kappa shape index (κ2) is 11.6. The smallest absolute Gasteiger partial charge is 0.222 e. The highest BCUT2D eigenvalue weighted by Crippen LogP contribution is 2.11. The lowest BCUT2D eigenvalue weighted by Crippen LogP contribution is -2.33. The number of hydrogen-bond acceptors (Lipinski definition) is 2. The van der Waals surface area contributed by atoms with Gasteiger partial charge in [-0.15, -0.1) is 0 Å². The molecule has 2 amide bonds. The number of rotatable bonds is 10. The van der Waals surface area contributed by atoms with Crippen LogP contribution in [0.1, 0.15) is 77.6 Å². The Hall–Kier alpha value is -1.06. The van der Waals surface area contributed by atoms with E-state index in [0.29, 0.717) is 19.4 Å². The van der Waals surface area contributed by atoms with Crippen LogP contribution >= 0.6 is 0 Å². The van der Waals surface area contributed by atoms with E-state index in [1.54, 1.807) is 0 Å². The van der Waals surface area contributed by atoms with Crippen molar-refractivity contribution in [2.45, 2.75) is 77.6 Å². The maximum absolute atomic E-state index is 11.8. The number of carbonyl (C=O) groups excluding carboxylic acids is 2. The molecule has 1 saturated heterocycles. The third-order valence-corrected chi connectivity index (χ3v) is 4.11. The van der Waals surface area contributed by atoms with Gasteiger partial charge in [-0.05, 0) is 25.7 Å². The molecule has 0 spiro atoms. The molecule has 1 heterocycles. The number of nitrogens with one attached hydrogen (secondary N) is 1. The Morgan fingerprint density at radius 2 is 1.90 bits per heavy atom. The number of carbonyl (C=O) groups is 2. The van der Waals surface area contributed by atoms with Crippen LogP contribution in [-0.4, -0.2) is 36.3 Å². The minimum atomic E-state index is 0.161. The van der Waals surface area contributed by atoms with Gasteiger partial charge >= 0.3 is 0 Å². The first kappa shape index (κ1) is 18.0. The Morgan fingerprint density at radius 1 is 1.10 bits per heavy atom. The molecule has 0 saturated carbocycles. The van der Waals surface area contributed by atoms with Crippen molar-refractivity contribution >= 4 is 11.8 Å². The average molecular weight is 296 g/mol. The Labute approximate surface area is 129 Å². The predicted molar refractivity (Wildman–Crippen MR) is 86.1 cm³/mol. The highest BCUT2D eigenvalue weighted by Gasteiger charge is 2.15. The molecule has 0 aromatic heterocycles. The van der Waals surface area contributed by atoms with E-state index >= 15 is 0 Å². The van der Waals surface area contributed by atoms with Crippen LogP contribution in [0.4, 0.5) is 0 Å². The largest absolute Gasteiger partial charge is 0.356 e. The van der Waals surface area contributed by atoms with Crippen molar-refractivity contribution in [2.24, 2.45) is 0 Å². The Kier molecular flexibility index (Phi) is 9.92. The van der Waals surface area contributed by atoms with Gasteiger partial charge in [0.05, 0.1) is 0 Å². The van der Waals surface area contributed by atoms with Crippen molar-refractivity contribution in [1.82, 2.24) is 10.2 Å². The summed E-state index contributed by atoms with van der Waals surface area (Å²) >= 11 is 0. The summed E-state index contributed by atoms with van der Waals surface area (Å²) in [5, 5.41) is 2.97. The van der Waals surface area contributed by atoms with E-state index in [9.17, 15) is 9.59 Å². The molecular weight excluding hydrogens is 264 g/mol. The molecule has 1 N–H and O–H groups in total. The topological polar surface area (TPSA) is 49.4 Å². The van der Waals surface area contributed by atoms with Crippen LogP contribution < -0.4 is 5.32 Å². The van der Waals surface area contributed by atoms with Crippen molar-refractivity contribution in [2.75, 3.05) is 19.6 Å². The van der Waals surface area contributed by atoms with Crippen molar-refractivity contribution in [3.63, 3.8) is 0 Å². The van der Waals surface area contributed by atoms with Gasteiger partial charge in [-0.25, -0.2) is 0 Å². The minimum Gasteiger partial charge on any atom is -0.356 e. The van der Waals surface area contributed by atoms with E-state index in [1.165, 1.54) is 19.3 Å². The molecule has 4 nitrogen and oxygen atoms in total. The van der Waals surface area contributed by atoms with Gasteiger partial charge in [-0.3, -0.25) is 9.59 Å². The second-order valence-electron chi connectivity index (χ2n) is 6.06. The average Bonchev–Trinajstić information content (AvgIpc) is 2.68. The first-order chi connectivity index (χ1) is 10.2. The highest BCUT2D eigenvalue weighted by molar-refractivity contribution is 5.76. The molecule has 1 rings (SSSR count). The molecule has 0 radical (unpaired) electrons. The summed E-state index contributed by atoms with van der Waals surface area (Å²) in [5.41, 5.74) is 0. The number of likely N-dealkylation sites (tertiary alicyclic amines) is 1. The van der Waals surface area contributed by atoms with E-state index in [0.717, 1.165) is 51.6 Å². The molecule has 21 heavy (non-hydrogen) atoms. The predicted octanol–water partition coefficient (Wildman–Crippen LogP) is 3.26. The van der Waals surface area contributed by atoms with Gasteiger partial charge in [0.25, 0.3) is 0 Å². The minimum absolute atomic E-state index is 0.161. The van der Waals surface area contributed by atoms with Crippen LogP contribution in [0.3, 0.4) is 0 Å². The van der Waals surface area contributed by atoms with Crippen molar-refractivity contribution < 1.29 is 9.59 Å². The van der Waals surface area contributed by atoms with Gasteiger partial charge in [0.1, 0.15) is 0 Å². The highest BCUT2D eigenvalue weighted by atomic mass is 16.2. The number of hydrogen-bond donors (Lipinski definition) is 1. The lowest BCUT2D eigenvalue weighted by atomic mass is 10.1. The second-order valence-corrected chi connectivity index (χ2v) is 6.06. The first-order valence-corrected chi connectivity index (χ1v) is 8.78. The molecule has 122 valence electrons. The van der Waals surface area contributed by atoms with Gasteiger partial charge in [0.2, 0.25) is 11.8 Å². The third-order valence-electron chi connectivity index (χ3n) is 4.11. The van der Waals surface area contributed by atoms with Crippen LogP contribution in [0.15, 0.2) is 0 Å². The van der Waals surface area contributed by atoms with Crippen molar-refractivity contribution in [3.05, 3.63) is 0 Å². The molecule has 0 bridgehead atoms. The van der Waals surface area contributed by atoms with Gasteiger partial charge in [0, 0.05) is 32.5 Å². The monoisotopic (exact) mass is 296 g/mol. The standard InChI is InChI=1S/C17H32N2O2/c1-2-3-4-5-7-11-16(20)18-13-10-15-19-14-9-6-8-12-17(19)21/h2-15H2,1H3,(H,18,20). The van der Waals surface area contributed by atoms with Crippen LogP contribution in [-0.2, 0) is 9.59 Å². The SMILES string of the molecule is CCCCCCCC(=O)NCCCN1CCCCCC1=O. The summed E-state index contributed by atoms with van der Waals surface area (Å²) in [6.45, 7) is 4.57. The molecule has 0 unspecified atom stereocenters. The molecule has 1 aliphatic heterocycles.